The summed E-state index contributed by atoms with van der Waals surface area (Å²) in [4.78, 5) is 6.23. The van der Waals surface area contributed by atoms with E-state index in [1.807, 2.05) is 6.07 Å². The van der Waals surface area contributed by atoms with Crippen molar-refractivity contribution in [2.45, 2.75) is 25.3 Å². The number of halogens is 1. The number of aromatic nitrogens is 1. The highest BCUT2D eigenvalue weighted by atomic mass is 35.5. The highest BCUT2D eigenvalue weighted by Crippen LogP contribution is 2.54. The SMILES string of the molecule is CC12CCCN1c1ccccc1-c1[nH]c3ccc(Cl)cc3c12. The molecule has 1 atom stereocenters. The molecule has 5 rings (SSSR count). The molecule has 0 radical (unpaired) electrons. The van der Waals surface area contributed by atoms with Crippen molar-refractivity contribution in [1.29, 1.82) is 0 Å². The molecule has 1 aromatic heterocycles. The first kappa shape index (κ1) is 12.6. The number of benzene rings is 2. The average Bonchev–Trinajstić information content (AvgIpc) is 3.08. The molecule has 0 spiro atoms. The largest absolute Gasteiger partial charge is 0.361 e. The molecule has 3 aromatic rings. The van der Waals surface area contributed by atoms with Crippen molar-refractivity contribution < 1.29 is 0 Å². The Kier molecular flexibility index (Phi) is 2.34. The van der Waals surface area contributed by atoms with Crippen LogP contribution in [0.15, 0.2) is 42.5 Å². The number of hydrogen-bond donors (Lipinski definition) is 1. The van der Waals surface area contributed by atoms with Crippen molar-refractivity contribution in [2.24, 2.45) is 0 Å². The number of hydrogen-bond acceptors (Lipinski definition) is 1. The fourth-order valence-electron chi connectivity index (χ4n) is 4.46. The van der Waals surface area contributed by atoms with Crippen LogP contribution in [0.5, 0.6) is 0 Å². The second-order valence-corrected chi connectivity index (χ2v) is 7.05. The Morgan fingerprint density at radius 1 is 1.18 bits per heavy atom. The van der Waals surface area contributed by atoms with Crippen LogP contribution in [0.2, 0.25) is 5.02 Å². The number of anilines is 1. The van der Waals surface area contributed by atoms with Crippen LogP contribution < -0.4 is 4.90 Å². The average molecular weight is 309 g/mol. The number of rotatable bonds is 0. The third-order valence-electron chi connectivity index (χ3n) is 5.40. The van der Waals surface area contributed by atoms with Crippen LogP contribution in [0.25, 0.3) is 22.2 Å². The summed E-state index contributed by atoms with van der Waals surface area (Å²) < 4.78 is 0. The summed E-state index contributed by atoms with van der Waals surface area (Å²) in [6.07, 6.45) is 2.42. The fourth-order valence-corrected chi connectivity index (χ4v) is 4.63. The molecule has 0 amide bonds. The van der Waals surface area contributed by atoms with E-state index in [4.69, 9.17) is 11.6 Å². The van der Waals surface area contributed by atoms with E-state index in [2.05, 4.69) is 53.2 Å². The van der Waals surface area contributed by atoms with Gasteiger partial charge in [-0.2, -0.15) is 0 Å². The van der Waals surface area contributed by atoms with Crippen LogP contribution in [0.1, 0.15) is 25.3 Å². The van der Waals surface area contributed by atoms with Gasteiger partial charge < -0.3 is 9.88 Å². The summed E-state index contributed by atoms with van der Waals surface area (Å²) in [7, 11) is 0. The Bertz CT molecular complexity index is 911. The third-order valence-corrected chi connectivity index (χ3v) is 5.64. The molecular formula is C19H17ClN2. The van der Waals surface area contributed by atoms with Gasteiger partial charge in [0.1, 0.15) is 0 Å². The van der Waals surface area contributed by atoms with E-state index < -0.39 is 0 Å². The normalized spacial score (nSPS) is 22.5. The molecule has 2 nitrogen and oxygen atoms in total. The first-order chi connectivity index (χ1) is 10.7. The highest BCUT2D eigenvalue weighted by Gasteiger charge is 2.45. The summed E-state index contributed by atoms with van der Waals surface area (Å²) in [6, 6.07) is 14.9. The predicted molar refractivity (Wildman–Crippen MR) is 92.7 cm³/mol. The Morgan fingerprint density at radius 2 is 2.05 bits per heavy atom. The van der Waals surface area contributed by atoms with Gasteiger partial charge in [-0.25, -0.2) is 0 Å². The maximum Gasteiger partial charge on any atom is 0.0653 e. The zero-order valence-corrected chi connectivity index (χ0v) is 13.2. The maximum atomic E-state index is 6.28. The van der Waals surface area contributed by atoms with E-state index in [0.717, 1.165) is 11.6 Å². The van der Waals surface area contributed by atoms with Gasteiger partial charge in [-0.3, -0.25) is 0 Å². The van der Waals surface area contributed by atoms with E-state index in [1.54, 1.807) is 0 Å². The highest BCUT2D eigenvalue weighted by molar-refractivity contribution is 6.31. The van der Waals surface area contributed by atoms with Gasteiger partial charge in [0.25, 0.3) is 0 Å². The second kappa shape index (κ2) is 4.08. The van der Waals surface area contributed by atoms with E-state index in [-0.39, 0.29) is 5.54 Å². The lowest BCUT2D eigenvalue weighted by Crippen LogP contribution is -2.41. The topological polar surface area (TPSA) is 19.0 Å². The maximum absolute atomic E-state index is 6.28. The standard InChI is InChI=1S/C19H17ClN2/c1-19-9-4-10-22(19)16-6-3-2-5-13(16)18-17(19)14-11-12(20)7-8-15(14)21-18/h2-3,5-8,11,21H,4,9-10H2,1H3. The van der Waals surface area contributed by atoms with Gasteiger partial charge in [0.2, 0.25) is 0 Å². The summed E-state index contributed by atoms with van der Waals surface area (Å²) >= 11 is 6.28. The van der Waals surface area contributed by atoms with Crippen LogP contribution >= 0.6 is 11.6 Å². The lowest BCUT2D eigenvalue weighted by Gasteiger charge is -2.42. The smallest absolute Gasteiger partial charge is 0.0653 e. The van der Waals surface area contributed by atoms with Crippen molar-refractivity contribution in [2.75, 3.05) is 11.4 Å². The number of aromatic amines is 1. The van der Waals surface area contributed by atoms with E-state index in [1.165, 1.54) is 46.3 Å². The van der Waals surface area contributed by atoms with Crippen molar-refractivity contribution in [1.82, 2.24) is 4.98 Å². The van der Waals surface area contributed by atoms with Gasteiger partial charge in [0.15, 0.2) is 0 Å². The van der Waals surface area contributed by atoms with Gasteiger partial charge >= 0.3 is 0 Å². The first-order valence-corrected chi connectivity index (χ1v) is 8.25. The van der Waals surface area contributed by atoms with Gasteiger partial charge in [0.05, 0.1) is 11.2 Å². The summed E-state index contributed by atoms with van der Waals surface area (Å²) in [6.45, 7) is 3.50. The van der Waals surface area contributed by atoms with Crippen LogP contribution in [-0.2, 0) is 5.54 Å². The van der Waals surface area contributed by atoms with Crippen LogP contribution in [0.4, 0.5) is 5.69 Å². The number of para-hydroxylation sites is 1. The van der Waals surface area contributed by atoms with Crippen LogP contribution in [0.3, 0.4) is 0 Å². The monoisotopic (exact) mass is 308 g/mol. The van der Waals surface area contributed by atoms with E-state index in [0.29, 0.717) is 0 Å². The van der Waals surface area contributed by atoms with Crippen molar-refractivity contribution >= 4 is 28.2 Å². The zero-order chi connectivity index (χ0) is 14.9. The third kappa shape index (κ3) is 1.41. The molecule has 2 aromatic carbocycles. The van der Waals surface area contributed by atoms with E-state index >= 15 is 0 Å². The fraction of sp³-hybridized carbons (Fsp3) is 0.263. The molecule has 2 aliphatic rings. The lowest BCUT2D eigenvalue weighted by atomic mass is 9.81. The molecule has 2 aliphatic heterocycles. The van der Waals surface area contributed by atoms with Crippen molar-refractivity contribution in [3.8, 4) is 11.3 Å². The predicted octanol–water partition coefficient (Wildman–Crippen LogP) is 5.32. The molecule has 1 saturated heterocycles. The minimum Gasteiger partial charge on any atom is -0.361 e. The van der Waals surface area contributed by atoms with Crippen molar-refractivity contribution in [3.63, 3.8) is 0 Å². The van der Waals surface area contributed by atoms with Gasteiger partial charge in [-0.1, -0.05) is 29.8 Å². The zero-order valence-electron chi connectivity index (χ0n) is 12.5. The number of H-pyrrole nitrogens is 1. The molecule has 3 heterocycles. The van der Waals surface area contributed by atoms with Crippen LogP contribution in [-0.4, -0.2) is 11.5 Å². The van der Waals surface area contributed by atoms with Gasteiger partial charge in [0, 0.05) is 39.3 Å². The minimum atomic E-state index is 0.0621. The Hall–Kier alpha value is -1.93. The molecular weight excluding hydrogens is 292 g/mol. The second-order valence-electron chi connectivity index (χ2n) is 6.61. The molecule has 0 bridgehead atoms. The summed E-state index contributed by atoms with van der Waals surface area (Å²) in [5, 5.41) is 2.08. The quantitative estimate of drug-likeness (QED) is 0.595. The summed E-state index contributed by atoms with van der Waals surface area (Å²) in [5.74, 6) is 0. The molecule has 1 N–H and O–H groups in total. The molecule has 0 saturated carbocycles. The lowest BCUT2D eigenvalue weighted by molar-refractivity contribution is 0.494. The van der Waals surface area contributed by atoms with Gasteiger partial charge in [-0.05, 0) is 44.0 Å². The molecule has 3 heteroatoms. The molecule has 110 valence electrons. The minimum absolute atomic E-state index is 0.0621. The molecule has 0 aliphatic carbocycles. The number of fused-ring (bicyclic) bond motifs is 8. The molecule has 22 heavy (non-hydrogen) atoms. The molecule has 1 fully saturated rings. The Morgan fingerprint density at radius 3 is 2.95 bits per heavy atom. The molecule has 1 unspecified atom stereocenters. The summed E-state index contributed by atoms with van der Waals surface area (Å²) in [5.41, 5.74) is 6.60. The van der Waals surface area contributed by atoms with Gasteiger partial charge in [-0.15, -0.1) is 0 Å². The number of nitrogens with zero attached hydrogens (tertiary/aromatic N) is 1. The van der Waals surface area contributed by atoms with Crippen molar-refractivity contribution in [3.05, 3.63) is 53.1 Å². The van der Waals surface area contributed by atoms with Crippen LogP contribution in [0, 0.1) is 0 Å². The first-order valence-electron chi connectivity index (χ1n) is 7.87. The Labute approximate surface area is 134 Å². The van der Waals surface area contributed by atoms with E-state index in [9.17, 15) is 0 Å². The Balaban J connectivity index is 1.95. The number of nitrogens with one attached hydrogen (secondary N) is 1.